The maximum Gasteiger partial charge on any atom is 0.228 e. The fraction of sp³-hybridized carbons (Fsp3) is 0.391. The van der Waals surface area contributed by atoms with Crippen molar-refractivity contribution in [2.45, 2.75) is 32.2 Å². The zero-order valence-electron chi connectivity index (χ0n) is 16.3. The van der Waals surface area contributed by atoms with Crippen LogP contribution in [0.4, 0.5) is 5.69 Å². The molecule has 3 aliphatic rings. The number of anilines is 1. The van der Waals surface area contributed by atoms with E-state index in [-0.39, 0.29) is 29.9 Å². The molecule has 1 N–H and O–H groups in total. The molecule has 5 rings (SSSR count). The molecule has 29 heavy (non-hydrogen) atoms. The average Bonchev–Trinajstić information content (AvgIpc) is 3.28. The van der Waals surface area contributed by atoms with Gasteiger partial charge in [-0.05, 0) is 54.7 Å². The number of phenolic OH excluding ortho intramolecular Hbond substituents is 1. The van der Waals surface area contributed by atoms with Gasteiger partial charge in [0.1, 0.15) is 18.1 Å². The first-order valence-corrected chi connectivity index (χ1v) is 10.2. The summed E-state index contributed by atoms with van der Waals surface area (Å²) in [6, 6.07) is 11.2. The molecule has 6 heteroatoms. The van der Waals surface area contributed by atoms with Gasteiger partial charge in [-0.2, -0.15) is 0 Å². The largest absolute Gasteiger partial charge is 0.508 e. The standard InChI is InChI=1S/C23H24N2O4/c26-20-7-5-17-13-24(8-9-29-21(17)12-20)23(28)18-11-22(27)25(14-18)19-6-4-15-2-1-3-16(15)10-19/h4-7,10,12,18,26H,1-3,8-9,11,13-14H2. The Balaban J connectivity index is 1.32. The van der Waals surface area contributed by atoms with Crippen molar-refractivity contribution in [2.75, 3.05) is 24.6 Å². The minimum absolute atomic E-state index is 0.00784. The second-order valence-electron chi connectivity index (χ2n) is 8.11. The van der Waals surface area contributed by atoms with Crippen LogP contribution in [0.3, 0.4) is 0 Å². The Morgan fingerprint density at radius 2 is 1.90 bits per heavy atom. The lowest BCUT2D eigenvalue weighted by atomic mass is 10.1. The highest BCUT2D eigenvalue weighted by Gasteiger charge is 2.38. The Morgan fingerprint density at radius 3 is 2.79 bits per heavy atom. The third-order valence-electron chi connectivity index (χ3n) is 6.21. The molecule has 150 valence electrons. The zero-order valence-corrected chi connectivity index (χ0v) is 16.3. The fourth-order valence-corrected chi connectivity index (χ4v) is 4.65. The molecule has 0 spiro atoms. The lowest BCUT2D eigenvalue weighted by Crippen LogP contribution is -2.38. The summed E-state index contributed by atoms with van der Waals surface area (Å²) in [5, 5.41) is 9.65. The highest BCUT2D eigenvalue weighted by Crippen LogP contribution is 2.32. The molecule has 2 aliphatic heterocycles. The van der Waals surface area contributed by atoms with E-state index in [4.69, 9.17) is 4.74 Å². The lowest BCUT2D eigenvalue weighted by molar-refractivity contribution is -0.136. The molecular weight excluding hydrogens is 368 g/mol. The van der Waals surface area contributed by atoms with Crippen LogP contribution in [0.15, 0.2) is 36.4 Å². The van der Waals surface area contributed by atoms with E-state index in [0.29, 0.717) is 32.0 Å². The number of hydrogen-bond donors (Lipinski definition) is 1. The van der Waals surface area contributed by atoms with Gasteiger partial charge in [0.15, 0.2) is 0 Å². The second-order valence-corrected chi connectivity index (χ2v) is 8.11. The molecule has 2 aromatic carbocycles. The second kappa shape index (κ2) is 7.10. The Labute approximate surface area is 169 Å². The Morgan fingerprint density at radius 1 is 1.07 bits per heavy atom. The molecule has 6 nitrogen and oxygen atoms in total. The van der Waals surface area contributed by atoms with E-state index in [1.807, 2.05) is 6.07 Å². The van der Waals surface area contributed by atoms with Crippen LogP contribution < -0.4 is 9.64 Å². The van der Waals surface area contributed by atoms with Crippen molar-refractivity contribution in [3.8, 4) is 11.5 Å². The van der Waals surface area contributed by atoms with Gasteiger partial charge in [0.05, 0.1) is 12.5 Å². The highest BCUT2D eigenvalue weighted by atomic mass is 16.5. The van der Waals surface area contributed by atoms with Gasteiger partial charge >= 0.3 is 0 Å². The van der Waals surface area contributed by atoms with Gasteiger partial charge < -0.3 is 19.6 Å². The fourth-order valence-electron chi connectivity index (χ4n) is 4.65. The van der Waals surface area contributed by atoms with Crippen molar-refractivity contribution in [3.05, 3.63) is 53.1 Å². The summed E-state index contributed by atoms with van der Waals surface area (Å²) in [5.74, 6) is 0.427. The number of rotatable bonds is 2. The van der Waals surface area contributed by atoms with Crippen molar-refractivity contribution >= 4 is 17.5 Å². The number of aryl methyl sites for hydroxylation is 2. The number of ether oxygens (including phenoxy) is 1. The average molecular weight is 392 g/mol. The first-order valence-electron chi connectivity index (χ1n) is 10.2. The maximum absolute atomic E-state index is 13.2. The minimum atomic E-state index is -0.339. The van der Waals surface area contributed by atoms with Crippen molar-refractivity contribution < 1.29 is 19.4 Å². The number of hydrogen-bond acceptors (Lipinski definition) is 4. The molecule has 2 heterocycles. The van der Waals surface area contributed by atoms with Crippen LogP contribution in [0.5, 0.6) is 11.5 Å². The first kappa shape index (κ1) is 18.0. The molecule has 2 amide bonds. The van der Waals surface area contributed by atoms with Gasteiger partial charge in [0.25, 0.3) is 0 Å². The number of fused-ring (bicyclic) bond motifs is 2. The van der Waals surface area contributed by atoms with Crippen LogP contribution in [0.1, 0.15) is 29.5 Å². The van der Waals surface area contributed by atoms with E-state index in [2.05, 4.69) is 12.1 Å². The molecule has 2 aromatic rings. The zero-order chi connectivity index (χ0) is 20.0. The van der Waals surface area contributed by atoms with E-state index >= 15 is 0 Å². The van der Waals surface area contributed by atoms with Crippen molar-refractivity contribution in [2.24, 2.45) is 5.92 Å². The quantitative estimate of drug-likeness (QED) is 0.853. The number of amides is 2. The summed E-state index contributed by atoms with van der Waals surface area (Å²) in [4.78, 5) is 29.4. The molecule has 0 saturated carbocycles. The van der Waals surface area contributed by atoms with Gasteiger partial charge in [-0.15, -0.1) is 0 Å². The summed E-state index contributed by atoms with van der Waals surface area (Å²) >= 11 is 0. The van der Waals surface area contributed by atoms with Gasteiger partial charge in [-0.3, -0.25) is 9.59 Å². The van der Waals surface area contributed by atoms with Crippen LogP contribution >= 0.6 is 0 Å². The van der Waals surface area contributed by atoms with Crippen molar-refractivity contribution in [3.63, 3.8) is 0 Å². The van der Waals surface area contributed by atoms with Crippen molar-refractivity contribution in [1.29, 1.82) is 0 Å². The number of benzene rings is 2. The van der Waals surface area contributed by atoms with Gasteiger partial charge in [0, 0.05) is 36.8 Å². The smallest absolute Gasteiger partial charge is 0.228 e. The molecule has 1 saturated heterocycles. The molecule has 1 atom stereocenters. The SMILES string of the molecule is O=C(C1CC(=O)N(c2ccc3c(c2)CCC3)C1)N1CCOc2cc(O)ccc2C1. The number of phenols is 1. The number of carbonyl (C=O) groups excluding carboxylic acids is 2. The summed E-state index contributed by atoms with van der Waals surface area (Å²) in [5.41, 5.74) is 4.48. The molecule has 1 fully saturated rings. The molecule has 1 aliphatic carbocycles. The van der Waals surface area contributed by atoms with Crippen LogP contribution in [0.25, 0.3) is 0 Å². The van der Waals surface area contributed by atoms with Crippen LogP contribution in [0.2, 0.25) is 0 Å². The van der Waals surface area contributed by atoms with E-state index in [1.165, 1.54) is 17.5 Å². The van der Waals surface area contributed by atoms with Crippen LogP contribution in [0, 0.1) is 5.92 Å². The molecule has 1 unspecified atom stereocenters. The third kappa shape index (κ3) is 3.33. The minimum Gasteiger partial charge on any atom is -0.508 e. The van der Waals surface area contributed by atoms with Gasteiger partial charge in [-0.25, -0.2) is 0 Å². The van der Waals surface area contributed by atoms with Gasteiger partial charge in [-0.1, -0.05) is 6.07 Å². The normalized spacial score (nSPS) is 20.8. The summed E-state index contributed by atoms with van der Waals surface area (Å²) in [6.07, 6.45) is 3.59. The van der Waals surface area contributed by atoms with Crippen LogP contribution in [-0.2, 0) is 29.0 Å². The predicted molar refractivity (Wildman–Crippen MR) is 108 cm³/mol. The van der Waals surface area contributed by atoms with E-state index in [1.54, 1.807) is 28.0 Å². The highest BCUT2D eigenvalue weighted by molar-refractivity contribution is 6.00. The first-order chi connectivity index (χ1) is 14.1. The van der Waals surface area contributed by atoms with Gasteiger partial charge in [0.2, 0.25) is 11.8 Å². The van der Waals surface area contributed by atoms with Crippen LogP contribution in [-0.4, -0.2) is 41.5 Å². The summed E-state index contributed by atoms with van der Waals surface area (Å²) in [6.45, 7) is 1.70. The molecule has 0 bridgehead atoms. The Bertz CT molecular complexity index is 987. The Hall–Kier alpha value is -3.02. The molecule has 0 radical (unpaired) electrons. The third-order valence-corrected chi connectivity index (χ3v) is 6.21. The maximum atomic E-state index is 13.2. The predicted octanol–water partition coefficient (Wildman–Crippen LogP) is 2.66. The lowest BCUT2D eigenvalue weighted by Gasteiger charge is -2.23. The Kier molecular flexibility index (Phi) is 4.42. The molecule has 0 aromatic heterocycles. The van der Waals surface area contributed by atoms with Crippen molar-refractivity contribution in [1.82, 2.24) is 4.90 Å². The van der Waals surface area contributed by atoms with E-state index < -0.39 is 0 Å². The summed E-state index contributed by atoms with van der Waals surface area (Å²) in [7, 11) is 0. The number of nitrogens with zero attached hydrogens (tertiary/aromatic N) is 2. The van der Waals surface area contributed by atoms with E-state index in [9.17, 15) is 14.7 Å². The van der Waals surface area contributed by atoms with E-state index in [0.717, 1.165) is 24.1 Å². The summed E-state index contributed by atoms with van der Waals surface area (Å²) < 4.78 is 5.70. The topological polar surface area (TPSA) is 70.1 Å². The number of aromatic hydroxyl groups is 1. The molecular formula is C23H24N2O4. The number of carbonyl (C=O) groups is 2. The monoisotopic (exact) mass is 392 g/mol.